The highest BCUT2D eigenvalue weighted by Crippen LogP contribution is 2.11. The van der Waals surface area contributed by atoms with E-state index in [9.17, 15) is 18.0 Å². The molecule has 0 spiro atoms. The molecule has 0 radical (unpaired) electrons. The van der Waals surface area contributed by atoms with Crippen molar-refractivity contribution in [3.63, 3.8) is 0 Å². The molecule has 0 fully saturated rings. The zero-order valence-corrected chi connectivity index (χ0v) is 15.9. The largest absolute Gasteiger partial charge is 0.476 e. The second kappa shape index (κ2) is 8.78. The van der Waals surface area contributed by atoms with E-state index in [0.29, 0.717) is 18.8 Å². The van der Waals surface area contributed by atoms with E-state index in [0.717, 1.165) is 5.56 Å². The van der Waals surface area contributed by atoms with Gasteiger partial charge in [0.1, 0.15) is 5.75 Å². The molecule has 2 rings (SSSR count). The van der Waals surface area contributed by atoms with Crippen LogP contribution in [0, 0.1) is 0 Å². The summed E-state index contributed by atoms with van der Waals surface area (Å²) in [6.45, 7) is 4.21. The summed E-state index contributed by atoms with van der Waals surface area (Å²) in [5, 5.41) is 15.5. The first-order chi connectivity index (χ1) is 12.8. The lowest BCUT2D eigenvalue weighted by molar-refractivity contribution is -0.118. The molecule has 2 aromatic rings. The number of carbonyl (C=O) groups excluding carboxylic acids is 1. The molecule has 0 saturated carbocycles. The molecule has 2 N–H and O–H groups in total. The number of amides is 1. The first-order valence-electron chi connectivity index (χ1n) is 8.39. The Kier molecular flexibility index (Phi) is 6.70. The number of aromatic carboxylic acids is 1. The lowest BCUT2D eigenvalue weighted by Gasteiger charge is -2.18. The normalized spacial score (nSPS) is 11.5. The van der Waals surface area contributed by atoms with Gasteiger partial charge in [0.05, 0.1) is 5.69 Å². The third-order valence-electron chi connectivity index (χ3n) is 3.89. The van der Waals surface area contributed by atoms with Crippen molar-refractivity contribution in [3.05, 3.63) is 47.8 Å². The molecule has 1 amide bonds. The summed E-state index contributed by atoms with van der Waals surface area (Å²) in [5.41, 5.74) is 1.29. The Labute approximate surface area is 157 Å². The van der Waals surface area contributed by atoms with Gasteiger partial charge in [-0.2, -0.15) is 5.10 Å². The van der Waals surface area contributed by atoms with Crippen LogP contribution in [-0.4, -0.2) is 58.3 Å². The monoisotopic (exact) mass is 394 g/mol. The van der Waals surface area contributed by atoms with Gasteiger partial charge in [0.2, 0.25) is 15.9 Å². The number of carboxylic acids is 1. The maximum atomic E-state index is 12.1. The summed E-state index contributed by atoms with van der Waals surface area (Å²) in [5.74, 6) is -2.30. The second-order valence-corrected chi connectivity index (χ2v) is 7.71. The number of hydrogen-bond acceptors (Lipinski definition) is 5. The summed E-state index contributed by atoms with van der Waals surface area (Å²) in [6, 6.07) is 8.37. The van der Waals surface area contributed by atoms with Gasteiger partial charge in [-0.15, -0.1) is 0 Å². The van der Waals surface area contributed by atoms with E-state index in [1.165, 1.54) is 21.3 Å². The van der Waals surface area contributed by atoms with Gasteiger partial charge in [0.25, 0.3) is 0 Å². The number of benzene rings is 1. The van der Waals surface area contributed by atoms with Crippen LogP contribution >= 0.6 is 0 Å². The molecule has 0 unspecified atom stereocenters. The minimum absolute atomic E-state index is 0.0738. The molecule has 10 heteroatoms. The van der Waals surface area contributed by atoms with Crippen molar-refractivity contribution >= 4 is 21.9 Å². The van der Waals surface area contributed by atoms with Crippen molar-refractivity contribution in [3.8, 4) is 5.69 Å². The minimum atomic E-state index is -3.63. The molecule has 1 aromatic carbocycles. The van der Waals surface area contributed by atoms with Crippen molar-refractivity contribution < 1.29 is 23.1 Å². The summed E-state index contributed by atoms with van der Waals surface area (Å²) in [4.78, 5) is 22.9. The molecule has 1 aromatic heterocycles. The summed E-state index contributed by atoms with van der Waals surface area (Å²) < 4.78 is 26.9. The average Bonchev–Trinajstić information content (AvgIpc) is 3.11. The average molecular weight is 394 g/mol. The van der Waals surface area contributed by atoms with Crippen molar-refractivity contribution in [1.29, 1.82) is 0 Å². The summed E-state index contributed by atoms with van der Waals surface area (Å²) in [6.07, 6.45) is 1.53. The van der Waals surface area contributed by atoms with Crippen LogP contribution in [0.25, 0.3) is 5.69 Å². The van der Waals surface area contributed by atoms with Crippen LogP contribution in [0.3, 0.4) is 0 Å². The van der Waals surface area contributed by atoms with Crippen LogP contribution in [0.4, 0.5) is 0 Å². The summed E-state index contributed by atoms with van der Waals surface area (Å²) in [7, 11) is -3.63. The highest BCUT2D eigenvalue weighted by Gasteiger charge is 2.22. The quantitative estimate of drug-likeness (QED) is 0.650. The van der Waals surface area contributed by atoms with Gasteiger partial charge in [0, 0.05) is 25.8 Å². The van der Waals surface area contributed by atoms with Gasteiger partial charge in [-0.3, -0.25) is 4.79 Å². The topological polar surface area (TPSA) is 122 Å². The lowest BCUT2D eigenvalue weighted by Crippen LogP contribution is -2.39. The number of hydrogen-bond donors (Lipinski definition) is 2. The van der Waals surface area contributed by atoms with Gasteiger partial charge >= 0.3 is 5.97 Å². The second-order valence-electron chi connectivity index (χ2n) is 5.74. The number of nitrogens with one attached hydrogen (secondary N) is 1. The summed E-state index contributed by atoms with van der Waals surface area (Å²) >= 11 is 0. The smallest absolute Gasteiger partial charge is 0.356 e. The number of sulfonamides is 1. The molecule has 27 heavy (non-hydrogen) atoms. The Hall–Kier alpha value is -2.72. The van der Waals surface area contributed by atoms with Gasteiger partial charge in [-0.1, -0.05) is 26.0 Å². The van der Waals surface area contributed by atoms with E-state index in [1.54, 1.807) is 38.1 Å². The molecule has 0 aliphatic rings. The standard InChI is InChI=1S/C17H22N4O5S/c1-3-20(4-2)27(25,26)12-16(22)18-11-13-6-5-7-14(10-13)21-9-8-15(19-21)17(23)24/h5-10H,3-4,11-12H2,1-2H3,(H,18,22)(H,23,24). The van der Waals surface area contributed by atoms with Gasteiger partial charge in [0.15, 0.2) is 5.69 Å². The predicted molar refractivity (Wildman–Crippen MR) is 99.1 cm³/mol. The Morgan fingerprint density at radius 1 is 1.22 bits per heavy atom. The Bertz CT molecular complexity index is 919. The molecule has 0 aliphatic heterocycles. The van der Waals surface area contributed by atoms with E-state index >= 15 is 0 Å². The minimum Gasteiger partial charge on any atom is -0.476 e. The molecule has 9 nitrogen and oxygen atoms in total. The van der Waals surface area contributed by atoms with Crippen molar-refractivity contribution in [2.75, 3.05) is 18.8 Å². The number of nitrogens with zero attached hydrogens (tertiary/aromatic N) is 3. The van der Waals surface area contributed by atoms with Crippen LogP contribution in [-0.2, 0) is 21.4 Å². The maximum Gasteiger partial charge on any atom is 0.356 e. The fourth-order valence-electron chi connectivity index (χ4n) is 2.52. The zero-order valence-electron chi connectivity index (χ0n) is 15.1. The fraction of sp³-hybridized carbons (Fsp3) is 0.353. The molecule has 0 atom stereocenters. The van der Waals surface area contributed by atoms with Crippen LogP contribution in [0.1, 0.15) is 29.9 Å². The Morgan fingerprint density at radius 2 is 1.93 bits per heavy atom. The van der Waals surface area contributed by atoms with Crippen LogP contribution in [0.15, 0.2) is 36.5 Å². The van der Waals surface area contributed by atoms with E-state index in [2.05, 4.69) is 10.4 Å². The van der Waals surface area contributed by atoms with Crippen molar-refractivity contribution in [2.45, 2.75) is 20.4 Å². The first-order valence-corrected chi connectivity index (χ1v) is 10.0. The van der Waals surface area contributed by atoms with Crippen LogP contribution < -0.4 is 5.32 Å². The molecule has 0 saturated heterocycles. The fourth-order valence-corrected chi connectivity index (χ4v) is 3.92. The van der Waals surface area contributed by atoms with Gasteiger partial charge < -0.3 is 10.4 Å². The molecular formula is C17H22N4O5S. The third-order valence-corrected chi connectivity index (χ3v) is 5.82. The van der Waals surface area contributed by atoms with Crippen molar-refractivity contribution in [2.24, 2.45) is 0 Å². The van der Waals surface area contributed by atoms with Gasteiger partial charge in [-0.25, -0.2) is 22.2 Å². The highest BCUT2D eigenvalue weighted by molar-refractivity contribution is 7.89. The lowest BCUT2D eigenvalue weighted by atomic mass is 10.2. The predicted octanol–water partition coefficient (Wildman–Crippen LogP) is 0.858. The van der Waals surface area contributed by atoms with E-state index in [4.69, 9.17) is 5.11 Å². The molecule has 1 heterocycles. The Balaban J connectivity index is 2.02. The molecular weight excluding hydrogens is 372 g/mol. The number of aromatic nitrogens is 2. The zero-order chi connectivity index (χ0) is 20.0. The molecule has 0 bridgehead atoms. The Morgan fingerprint density at radius 3 is 2.52 bits per heavy atom. The number of carbonyl (C=O) groups is 2. The first kappa shape index (κ1) is 20.6. The maximum absolute atomic E-state index is 12.1. The van der Waals surface area contributed by atoms with Crippen LogP contribution in [0.5, 0.6) is 0 Å². The van der Waals surface area contributed by atoms with E-state index < -0.39 is 27.7 Å². The third kappa shape index (κ3) is 5.38. The van der Waals surface area contributed by atoms with E-state index in [-0.39, 0.29) is 12.2 Å². The number of carboxylic acid groups (broad SMARTS) is 1. The van der Waals surface area contributed by atoms with E-state index in [1.807, 2.05) is 0 Å². The SMILES string of the molecule is CCN(CC)S(=O)(=O)CC(=O)NCc1cccc(-n2ccc(C(=O)O)n2)c1. The number of rotatable bonds is 9. The molecule has 146 valence electrons. The molecule has 0 aliphatic carbocycles. The van der Waals surface area contributed by atoms with Gasteiger partial charge in [-0.05, 0) is 23.8 Å². The highest BCUT2D eigenvalue weighted by atomic mass is 32.2. The van der Waals surface area contributed by atoms with Crippen molar-refractivity contribution in [1.82, 2.24) is 19.4 Å². The van der Waals surface area contributed by atoms with Crippen LogP contribution in [0.2, 0.25) is 0 Å².